The second-order valence-electron chi connectivity index (χ2n) is 4.62. The van der Waals surface area contributed by atoms with E-state index in [9.17, 15) is 4.79 Å². The van der Waals surface area contributed by atoms with E-state index < -0.39 is 0 Å². The second-order valence-corrected chi connectivity index (χ2v) is 4.62. The predicted octanol–water partition coefficient (Wildman–Crippen LogP) is 2.78. The number of benzene rings is 2. The van der Waals surface area contributed by atoms with E-state index in [1.807, 2.05) is 25.1 Å². The van der Waals surface area contributed by atoms with E-state index in [0.29, 0.717) is 22.6 Å². The van der Waals surface area contributed by atoms with Gasteiger partial charge in [-0.2, -0.15) is 5.10 Å². The van der Waals surface area contributed by atoms with E-state index in [2.05, 4.69) is 10.5 Å². The molecule has 0 aromatic heterocycles. The van der Waals surface area contributed by atoms with Gasteiger partial charge in [-0.25, -0.2) is 5.43 Å². The topological polar surface area (TPSA) is 59.9 Å². The summed E-state index contributed by atoms with van der Waals surface area (Å²) in [6.07, 6.45) is 1.53. The minimum atomic E-state index is -0.254. The zero-order valence-electron chi connectivity index (χ0n) is 12.8. The molecule has 114 valence electrons. The maximum atomic E-state index is 12.1. The molecule has 0 atom stereocenters. The third-order valence-corrected chi connectivity index (χ3v) is 3.20. The lowest BCUT2D eigenvalue weighted by Crippen LogP contribution is -2.18. The second kappa shape index (κ2) is 7.26. The minimum Gasteiger partial charge on any atom is -0.497 e. The molecule has 22 heavy (non-hydrogen) atoms. The van der Waals surface area contributed by atoms with Gasteiger partial charge in [-0.05, 0) is 36.8 Å². The minimum absolute atomic E-state index is 0.254. The number of carbonyl (C=O) groups is 1. The van der Waals surface area contributed by atoms with Crippen molar-refractivity contribution in [1.82, 2.24) is 5.43 Å². The van der Waals surface area contributed by atoms with Crippen LogP contribution < -0.4 is 14.9 Å². The van der Waals surface area contributed by atoms with Crippen LogP contribution in [-0.2, 0) is 0 Å². The Morgan fingerprint density at radius 3 is 2.59 bits per heavy atom. The summed E-state index contributed by atoms with van der Waals surface area (Å²) < 4.78 is 10.4. The predicted molar refractivity (Wildman–Crippen MR) is 85.8 cm³/mol. The number of nitrogens with one attached hydrogen (secondary N) is 1. The summed E-state index contributed by atoms with van der Waals surface area (Å²) in [5.74, 6) is 1.08. The van der Waals surface area contributed by atoms with Gasteiger partial charge in [0.1, 0.15) is 11.5 Å². The van der Waals surface area contributed by atoms with Gasteiger partial charge in [-0.1, -0.05) is 18.2 Å². The number of ether oxygens (including phenoxy) is 2. The Morgan fingerprint density at radius 2 is 1.91 bits per heavy atom. The highest BCUT2D eigenvalue weighted by Gasteiger charge is 2.07. The lowest BCUT2D eigenvalue weighted by Gasteiger charge is -2.07. The molecule has 0 bridgehead atoms. The van der Waals surface area contributed by atoms with Gasteiger partial charge in [0.25, 0.3) is 5.91 Å². The number of amides is 1. The number of hydrazone groups is 1. The van der Waals surface area contributed by atoms with Crippen LogP contribution in [0.3, 0.4) is 0 Å². The number of methoxy groups -OCH3 is 2. The number of hydrogen-bond acceptors (Lipinski definition) is 4. The molecular formula is C17H18N2O3. The van der Waals surface area contributed by atoms with Crippen molar-refractivity contribution in [1.29, 1.82) is 0 Å². The number of rotatable bonds is 5. The van der Waals surface area contributed by atoms with Crippen molar-refractivity contribution in [2.75, 3.05) is 14.2 Å². The summed E-state index contributed by atoms with van der Waals surface area (Å²) in [4.78, 5) is 12.1. The van der Waals surface area contributed by atoms with E-state index in [-0.39, 0.29) is 5.91 Å². The average Bonchev–Trinajstić information content (AvgIpc) is 2.55. The number of nitrogens with zero attached hydrogens (tertiary/aromatic N) is 1. The van der Waals surface area contributed by atoms with Gasteiger partial charge in [-0.15, -0.1) is 0 Å². The molecule has 2 aromatic carbocycles. The molecule has 0 saturated carbocycles. The van der Waals surface area contributed by atoms with E-state index in [4.69, 9.17) is 9.47 Å². The summed E-state index contributed by atoms with van der Waals surface area (Å²) in [5, 5.41) is 3.98. The Kier molecular flexibility index (Phi) is 5.14. The van der Waals surface area contributed by atoms with E-state index in [0.717, 1.165) is 5.56 Å². The SMILES string of the molecule is COc1ccc(OC)c(/C=N\NC(=O)c2ccccc2C)c1. The van der Waals surface area contributed by atoms with Gasteiger partial charge < -0.3 is 9.47 Å². The number of hydrogen-bond donors (Lipinski definition) is 1. The molecule has 2 aromatic rings. The lowest BCUT2D eigenvalue weighted by atomic mass is 10.1. The maximum Gasteiger partial charge on any atom is 0.271 e. The molecule has 5 heteroatoms. The van der Waals surface area contributed by atoms with Crippen LogP contribution in [0.4, 0.5) is 0 Å². The largest absolute Gasteiger partial charge is 0.497 e. The fourth-order valence-corrected chi connectivity index (χ4v) is 1.99. The van der Waals surface area contributed by atoms with Gasteiger partial charge >= 0.3 is 0 Å². The molecular weight excluding hydrogens is 280 g/mol. The number of carbonyl (C=O) groups excluding carboxylic acids is 1. The van der Waals surface area contributed by atoms with Crippen LogP contribution in [0.5, 0.6) is 11.5 Å². The molecule has 0 radical (unpaired) electrons. The van der Waals surface area contributed by atoms with Crippen LogP contribution in [0, 0.1) is 6.92 Å². The lowest BCUT2D eigenvalue weighted by molar-refractivity contribution is 0.0954. The first kappa shape index (κ1) is 15.6. The zero-order chi connectivity index (χ0) is 15.9. The molecule has 5 nitrogen and oxygen atoms in total. The van der Waals surface area contributed by atoms with Crippen LogP contribution in [-0.4, -0.2) is 26.3 Å². The molecule has 0 fully saturated rings. The van der Waals surface area contributed by atoms with Crippen LogP contribution >= 0.6 is 0 Å². The maximum absolute atomic E-state index is 12.1. The van der Waals surface area contributed by atoms with Crippen molar-refractivity contribution in [3.8, 4) is 11.5 Å². The van der Waals surface area contributed by atoms with Crippen molar-refractivity contribution < 1.29 is 14.3 Å². The molecule has 0 saturated heterocycles. The first-order valence-electron chi connectivity index (χ1n) is 6.76. The fraction of sp³-hybridized carbons (Fsp3) is 0.176. The zero-order valence-corrected chi connectivity index (χ0v) is 12.8. The van der Waals surface area contributed by atoms with Crippen molar-refractivity contribution >= 4 is 12.1 Å². The Bertz CT molecular complexity index is 696. The van der Waals surface area contributed by atoms with E-state index in [1.165, 1.54) is 6.21 Å². The quantitative estimate of drug-likeness (QED) is 0.682. The Hall–Kier alpha value is -2.82. The van der Waals surface area contributed by atoms with Gasteiger partial charge in [0.05, 0.1) is 20.4 Å². The van der Waals surface area contributed by atoms with E-state index >= 15 is 0 Å². The van der Waals surface area contributed by atoms with Crippen LogP contribution in [0.1, 0.15) is 21.5 Å². The first-order valence-corrected chi connectivity index (χ1v) is 6.76. The van der Waals surface area contributed by atoms with Crippen LogP contribution in [0.2, 0.25) is 0 Å². The summed E-state index contributed by atoms with van der Waals surface area (Å²) in [5.41, 5.74) is 4.72. The van der Waals surface area contributed by atoms with Gasteiger partial charge in [0.15, 0.2) is 0 Å². The third kappa shape index (κ3) is 3.63. The van der Waals surface area contributed by atoms with Gasteiger partial charge in [0.2, 0.25) is 0 Å². The first-order chi connectivity index (χ1) is 10.7. The fourth-order valence-electron chi connectivity index (χ4n) is 1.99. The highest BCUT2D eigenvalue weighted by molar-refractivity contribution is 5.96. The molecule has 0 aliphatic rings. The molecule has 0 spiro atoms. The smallest absolute Gasteiger partial charge is 0.271 e. The highest BCUT2D eigenvalue weighted by Crippen LogP contribution is 2.22. The van der Waals surface area contributed by atoms with Crippen molar-refractivity contribution in [3.05, 3.63) is 59.2 Å². The summed E-state index contributed by atoms with van der Waals surface area (Å²) >= 11 is 0. The monoisotopic (exact) mass is 298 g/mol. The molecule has 0 aliphatic carbocycles. The van der Waals surface area contributed by atoms with Gasteiger partial charge in [-0.3, -0.25) is 4.79 Å². The normalized spacial score (nSPS) is 10.5. The standard InChI is InChI=1S/C17H18N2O3/c1-12-6-4-5-7-15(12)17(20)19-18-11-13-10-14(21-2)8-9-16(13)22-3/h4-11H,1-3H3,(H,19,20)/b18-11-. The van der Waals surface area contributed by atoms with Crippen LogP contribution in [0.15, 0.2) is 47.6 Å². The molecule has 2 rings (SSSR count). The molecule has 0 unspecified atom stereocenters. The van der Waals surface area contributed by atoms with Crippen molar-refractivity contribution in [2.24, 2.45) is 5.10 Å². The Labute approximate surface area is 129 Å². The summed E-state index contributed by atoms with van der Waals surface area (Å²) in [7, 11) is 3.16. The Balaban J connectivity index is 2.12. The Morgan fingerprint density at radius 1 is 1.14 bits per heavy atom. The average molecular weight is 298 g/mol. The van der Waals surface area contributed by atoms with Crippen LogP contribution in [0.25, 0.3) is 0 Å². The number of aryl methyl sites for hydroxylation is 1. The highest BCUT2D eigenvalue weighted by atomic mass is 16.5. The van der Waals surface area contributed by atoms with Crippen molar-refractivity contribution in [3.63, 3.8) is 0 Å². The molecule has 1 amide bonds. The summed E-state index contributed by atoms with van der Waals surface area (Å²) in [6, 6.07) is 12.7. The molecule has 1 N–H and O–H groups in total. The molecule has 0 heterocycles. The summed E-state index contributed by atoms with van der Waals surface area (Å²) in [6.45, 7) is 1.88. The van der Waals surface area contributed by atoms with E-state index in [1.54, 1.807) is 38.5 Å². The molecule has 0 aliphatic heterocycles. The van der Waals surface area contributed by atoms with Crippen molar-refractivity contribution in [2.45, 2.75) is 6.92 Å². The third-order valence-electron chi connectivity index (χ3n) is 3.20. The van der Waals surface area contributed by atoms with Gasteiger partial charge in [0, 0.05) is 11.1 Å².